The van der Waals surface area contributed by atoms with Crippen LogP contribution < -0.4 is 28.7 Å². The third-order valence-electron chi connectivity index (χ3n) is 10.1. The molecule has 6 aromatic carbocycles. The standard InChI is InChI=1S/C26H42N2O10P2.C16H18O4.C12H10O2/c1-27(2,3)15-17-35-39(29,30)37-21-19-33-25-11-7-23(8-12-25)24-9-13-26(14-10-24)34-20-22-38-40(31,32)36-18-16-28(4,5)6;17-9-11-19-15-5-1-13(2-6-15)14-3-7-16(8-4-14)20-12-10-18;13-11-5-1-9(2-6-11)10-3-7-12(14)8-4-10/h7-14H,15-22H2,1-6H3;1-8,17-18H,9-12H2;1-8,13-14H. The van der Waals surface area contributed by atoms with E-state index in [9.17, 15) is 18.9 Å². The van der Waals surface area contributed by atoms with Crippen LogP contribution in [0.5, 0.6) is 34.5 Å². The van der Waals surface area contributed by atoms with E-state index in [4.69, 9.17) is 57.5 Å². The number of hydrogen-bond acceptors (Lipinski definition) is 16. The lowest BCUT2D eigenvalue weighted by Crippen LogP contribution is -2.37. The van der Waals surface area contributed by atoms with Gasteiger partial charge in [-0.2, -0.15) is 0 Å². The summed E-state index contributed by atoms with van der Waals surface area (Å²) in [6.45, 7) is 1.56. The molecule has 0 fully saturated rings. The van der Waals surface area contributed by atoms with Crippen molar-refractivity contribution >= 4 is 15.6 Å². The van der Waals surface area contributed by atoms with Crippen molar-refractivity contribution in [1.29, 1.82) is 0 Å². The summed E-state index contributed by atoms with van der Waals surface area (Å²) in [5.74, 6) is 3.13. The number of rotatable bonds is 27. The predicted molar refractivity (Wildman–Crippen MR) is 280 cm³/mol. The third-order valence-corrected chi connectivity index (χ3v) is 12.1. The monoisotopic (exact) mass is 1060 g/mol. The van der Waals surface area contributed by atoms with Gasteiger partial charge < -0.3 is 76.2 Å². The molecule has 0 aliphatic rings. The summed E-state index contributed by atoms with van der Waals surface area (Å²) in [5.41, 5.74) is 6.06. The Morgan fingerprint density at radius 2 is 0.568 bits per heavy atom. The zero-order valence-electron chi connectivity index (χ0n) is 42.8. The first-order valence-electron chi connectivity index (χ1n) is 23.7. The Kier molecular flexibility index (Phi) is 25.1. The van der Waals surface area contributed by atoms with E-state index in [0.29, 0.717) is 46.8 Å². The average molecular weight is 1070 g/mol. The Morgan fingerprint density at radius 3 is 0.797 bits per heavy atom. The number of ether oxygens (including phenoxy) is 4. The van der Waals surface area contributed by atoms with Gasteiger partial charge in [0.2, 0.25) is 0 Å². The van der Waals surface area contributed by atoms with Crippen LogP contribution in [0, 0.1) is 0 Å². The summed E-state index contributed by atoms with van der Waals surface area (Å²) in [5, 5.41) is 35.6. The summed E-state index contributed by atoms with van der Waals surface area (Å²) in [6.07, 6.45) is 0. The molecule has 0 aliphatic carbocycles. The van der Waals surface area contributed by atoms with Gasteiger partial charge in [-0.15, -0.1) is 0 Å². The van der Waals surface area contributed by atoms with Crippen LogP contribution in [0.2, 0.25) is 0 Å². The van der Waals surface area contributed by atoms with Gasteiger partial charge in [-0.1, -0.05) is 72.8 Å². The normalized spacial score (nSPS) is 12.9. The van der Waals surface area contributed by atoms with E-state index in [1.807, 2.05) is 139 Å². The number of phosphoric ester groups is 2. The largest absolute Gasteiger partial charge is 0.756 e. The van der Waals surface area contributed by atoms with Gasteiger partial charge >= 0.3 is 0 Å². The zero-order valence-corrected chi connectivity index (χ0v) is 44.6. The number of phenols is 2. The fourth-order valence-electron chi connectivity index (χ4n) is 6.15. The molecule has 0 aromatic heterocycles. The quantitative estimate of drug-likeness (QED) is 0.0224. The zero-order chi connectivity index (χ0) is 54.0. The van der Waals surface area contributed by atoms with E-state index >= 15 is 0 Å². The van der Waals surface area contributed by atoms with Gasteiger partial charge in [0, 0.05) is 0 Å². The van der Waals surface area contributed by atoms with Crippen LogP contribution >= 0.6 is 15.6 Å². The van der Waals surface area contributed by atoms with Gasteiger partial charge in [-0.3, -0.25) is 9.13 Å². The summed E-state index contributed by atoms with van der Waals surface area (Å²) in [4.78, 5) is 23.6. The molecule has 20 heteroatoms. The smallest absolute Gasteiger partial charge is 0.268 e. The van der Waals surface area contributed by atoms with Crippen molar-refractivity contribution in [2.24, 2.45) is 0 Å². The van der Waals surface area contributed by atoms with Crippen LogP contribution in [0.3, 0.4) is 0 Å². The third kappa shape index (κ3) is 24.9. The molecule has 0 saturated heterocycles. The van der Waals surface area contributed by atoms with Gasteiger partial charge in [-0.05, 0) is 106 Å². The van der Waals surface area contributed by atoms with Gasteiger partial charge in [0.15, 0.2) is 0 Å². The lowest BCUT2D eigenvalue weighted by Gasteiger charge is -2.27. The molecule has 2 unspecified atom stereocenters. The summed E-state index contributed by atoms with van der Waals surface area (Å²) >= 11 is 0. The van der Waals surface area contributed by atoms with Crippen LogP contribution in [-0.4, -0.2) is 151 Å². The highest BCUT2D eigenvalue weighted by Gasteiger charge is 2.15. The molecule has 18 nitrogen and oxygen atoms in total. The van der Waals surface area contributed by atoms with Gasteiger partial charge in [-0.25, -0.2) is 0 Å². The topological polar surface area (TPSA) is 235 Å². The molecule has 2 atom stereocenters. The Labute approximate surface area is 434 Å². The fourth-order valence-corrected chi connectivity index (χ4v) is 7.51. The van der Waals surface area contributed by atoms with Crippen molar-refractivity contribution in [3.8, 4) is 67.9 Å². The van der Waals surface area contributed by atoms with Crippen LogP contribution in [0.4, 0.5) is 0 Å². The van der Waals surface area contributed by atoms with Gasteiger partial charge in [0.25, 0.3) is 15.6 Å². The molecule has 6 rings (SSSR count). The predicted octanol–water partition coefficient (Wildman–Crippen LogP) is 7.39. The van der Waals surface area contributed by atoms with Crippen molar-refractivity contribution in [3.63, 3.8) is 0 Å². The lowest BCUT2D eigenvalue weighted by atomic mass is 10.1. The molecule has 0 bridgehead atoms. The SMILES string of the molecule is C[N+](C)(C)CCOP(=O)([O-])OCCOc1ccc(-c2ccc(OCCOP(=O)([O-])OCC[N+](C)(C)C)cc2)cc1.OCCOc1ccc(-c2ccc(OCCO)cc2)cc1.Oc1ccc(-c2ccc(O)cc2)cc1. The summed E-state index contributed by atoms with van der Waals surface area (Å²) in [7, 11) is 2.88. The molecule has 0 spiro atoms. The molecule has 0 heterocycles. The van der Waals surface area contributed by atoms with E-state index in [0.717, 1.165) is 44.9 Å². The minimum atomic E-state index is -4.37. The molecule has 0 saturated carbocycles. The van der Waals surface area contributed by atoms with Crippen LogP contribution in [0.15, 0.2) is 146 Å². The maximum atomic E-state index is 11.8. The number of phosphoric acid groups is 2. The minimum Gasteiger partial charge on any atom is -0.756 e. The average Bonchev–Trinajstić information content (AvgIpc) is 3.36. The first kappa shape index (κ1) is 60.7. The Balaban J connectivity index is 0.000000284. The molecule has 4 N–H and O–H groups in total. The van der Waals surface area contributed by atoms with E-state index in [-0.39, 0.29) is 64.4 Å². The maximum absolute atomic E-state index is 11.8. The second-order valence-corrected chi connectivity index (χ2v) is 21.1. The minimum absolute atomic E-state index is 0.0110. The van der Waals surface area contributed by atoms with Crippen LogP contribution in [-0.2, 0) is 27.2 Å². The summed E-state index contributed by atoms with van der Waals surface area (Å²) in [6, 6.07) is 43.9. The van der Waals surface area contributed by atoms with Crippen molar-refractivity contribution in [2.45, 2.75) is 0 Å². The number of hydrogen-bond donors (Lipinski definition) is 4. The molecule has 6 aromatic rings. The first-order valence-corrected chi connectivity index (χ1v) is 26.6. The van der Waals surface area contributed by atoms with Crippen LogP contribution in [0.1, 0.15) is 0 Å². The van der Waals surface area contributed by atoms with E-state index in [1.165, 1.54) is 0 Å². The molecule has 0 radical (unpaired) electrons. The van der Waals surface area contributed by atoms with Gasteiger partial charge in [0.05, 0.1) is 68.7 Å². The molecule has 402 valence electrons. The molecule has 74 heavy (non-hydrogen) atoms. The van der Waals surface area contributed by atoms with Gasteiger partial charge in [0.1, 0.15) is 87.2 Å². The molecular weight excluding hydrogens is 995 g/mol. The summed E-state index contributed by atoms with van der Waals surface area (Å²) < 4.78 is 65.9. The highest BCUT2D eigenvalue weighted by atomic mass is 31.2. The molecular formula is C54H70N2O16P2. The Hall–Kier alpha value is -5.82. The highest BCUT2D eigenvalue weighted by molar-refractivity contribution is 7.46. The number of aliphatic hydroxyl groups is 2. The highest BCUT2D eigenvalue weighted by Crippen LogP contribution is 2.39. The molecule has 0 amide bonds. The number of benzene rings is 6. The van der Waals surface area contributed by atoms with E-state index < -0.39 is 15.6 Å². The lowest BCUT2D eigenvalue weighted by molar-refractivity contribution is -0.870. The number of aliphatic hydroxyl groups excluding tert-OH is 2. The second kappa shape index (κ2) is 30.5. The van der Waals surface area contributed by atoms with Crippen molar-refractivity contribution in [3.05, 3.63) is 146 Å². The Bertz CT molecular complexity index is 2410. The second-order valence-electron chi connectivity index (χ2n) is 18.3. The van der Waals surface area contributed by atoms with E-state index in [1.54, 1.807) is 48.5 Å². The van der Waals surface area contributed by atoms with E-state index in [2.05, 4.69) is 0 Å². The number of likely N-dealkylation sites (N-methyl/N-ethyl adjacent to an activating group) is 2. The number of aromatic hydroxyl groups is 2. The first-order chi connectivity index (χ1) is 35.1. The van der Waals surface area contributed by atoms with Crippen molar-refractivity contribution in [2.75, 3.05) is 121 Å². The molecule has 0 aliphatic heterocycles. The Morgan fingerprint density at radius 1 is 0.351 bits per heavy atom. The number of quaternary nitrogens is 2. The van der Waals surface area contributed by atoms with Crippen molar-refractivity contribution < 1.29 is 85.4 Å². The fraction of sp³-hybridized carbons (Fsp3) is 0.333. The maximum Gasteiger partial charge on any atom is 0.268 e. The van der Waals surface area contributed by atoms with Crippen molar-refractivity contribution in [1.82, 2.24) is 0 Å². The number of nitrogens with zero attached hydrogens (tertiary/aromatic N) is 2. The van der Waals surface area contributed by atoms with Crippen LogP contribution in [0.25, 0.3) is 33.4 Å². The number of phenolic OH excluding ortho intramolecular Hbond substituents is 2.